The summed E-state index contributed by atoms with van der Waals surface area (Å²) in [5, 5.41) is 6.66. The lowest BCUT2D eigenvalue weighted by atomic mass is 10.1. The van der Waals surface area contributed by atoms with Crippen molar-refractivity contribution < 1.29 is 18.9 Å². The lowest BCUT2D eigenvalue weighted by molar-refractivity contribution is 0.145. The Hall–Kier alpha value is -2.93. The minimum atomic E-state index is 0.513. The van der Waals surface area contributed by atoms with Gasteiger partial charge in [-0.05, 0) is 43.2 Å². The maximum Gasteiger partial charge on any atom is 0.191 e. The van der Waals surface area contributed by atoms with E-state index in [0.717, 1.165) is 33.9 Å². The fourth-order valence-electron chi connectivity index (χ4n) is 2.86. The number of hydrogen-bond donors (Lipinski definition) is 2. The zero-order valence-electron chi connectivity index (χ0n) is 18.6. The van der Waals surface area contributed by atoms with Crippen molar-refractivity contribution in [3.63, 3.8) is 0 Å². The summed E-state index contributed by atoms with van der Waals surface area (Å²) in [4.78, 5) is 4.31. The Kier molecular flexibility index (Phi) is 9.80. The van der Waals surface area contributed by atoms with Gasteiger partial charge in [-0.25, -0.2) is 0 Å². The minimum Gasteiger partial charge on any atom is -0.493 e. The van der Waals surface area contributed by atoms with Crippen molar-refractivity contribution in [3.8, 4) is 17.2 Å². The first kappa shape index (κ1) is 23.3. The summed E-state index contributed by atoms with van der Waals surface area (Å²) in [5.74, 6) is 3.01. The number of guanidine groups is 1. The van der Waals surface area contributed by atoms with Gasteiger partial charge in [-0.15, -0.1) is 0 Å². The molecule has 2 N–H and O–H groups in total. The van der Waals surface area contributed by atoms with Gasteiger partial charge in [0.1, 0.15) is 12.4 Å². The normalized spacial score (nSPS) is 11.2. The van der Waals surface area contributed by atoms with E-state index in [0.29, 0.717) is 38.9 Å². The van der Waals surface area contributed by atoms with Crippen molar-refractivity contribution in [2.75, 3.05) is 41.1 Å². The topological polar surface area (TPSA) is 73.3 Å². The Morgan fingerprint density at radius 3 is 2.40 bits per heavy atom. The number of nitrogens with zero attached hydrogens (tertiary/aromatic N) is 1. The molecule has 7 nitrogen and oxygen atoms in total. The quantitative estimate of drug-likeness (QED) is 0.333. The standard InChI is InChI=1S/C23H33N3O4/c1-6-29-20-10-8-18(14-22(20)28-5)15-25-23(24-3)26-16-19-9-7-17(2)13-21(19)30-12-11-27-4/h7-10,13-14H,6,11-12,15-16H2,1-5H3,(H2,24,25,26). The van der Waals surface area contributed by atoms with Crippen LogP contribution in [0.15, 0.2) is 41.4 Å². The van der Waals surface area contributed by atoms with E-state index in [-0.39, 0.29) is 0 Å². The molecule has 0 radical (unpaired) electrons. The van der Waals surface area contributed by atoms with Crippen LogP contribution in [-0.4, -0.2) is 47.0 Å². The molecule has 0 fully saturated rings. The molecule has 2 aromatic carbocycles. The van der Waals surface area contributed by atoms with Crippen LogP contribution in [0.25, 0.3) is 0 Å². The van der Waals surface area contributed by atoms with Gasteiger partial charge in [0.2, 0.25) is 0 Å². The number of aryl methyl sites for hydroxylation is 1. The molecule has 0 aromatic heterocycles. The van der Waals surface area contributed by atoms with E-state index in [1.54, 1.807) is 21.3 Å². The number of nitrogens with one attached hydrogen (secondary N) is 2. The zero-order chi connectivity index (χ0) is 21.8. The number of rotatable bonds is 11. The molecule has 0 spiro atoms. The molecule has 2 rings (SSSR count). The van der Waals surface area contributed by atoms with E-state index in [9.17, 15) is 0 Å². The third-order valence-corrected chi connectivity index (χ3v) is 4.43. The number of benzene rings is 2. The summed E-state index contributed by atoms with van der Waals surface area (Å²) in [5.41, 5.74) is 3.28. The first-order valence-corrected chi connectivity index (χ1v) is 10.1. The van der Waals surface area contributed by atoms with Crippen LogP contribution in [0.1, 0.15) is 23.6 Å². The summed E-state index contributed by atoms with van der Waals surface area (Å²) in [6.45, 7) is 6.86. The smallest absolute Gasteiger partial charge is 0.191 e. The second-order valence-electron chi connectivity index (χ2n) is 6.65. The van der Waals surface area contributed by atoms with E-state index >= 15 is 0 Å². The van der Waals surface area contributed by atoms with Crippen LogP contribution in [0.3, 0.4) is 0 Å². The zero-order valence-corrected chi connectivity index (χ0v) is 18.6. The molecule has 0 aliphatic heterocycles. The van der Waals surface area contributed by atoms with Crippen LogP contribution in [-0.2, 0) is 17.8 Å². The summed E-state index contributed by atoms with van der Waals surface area (Å²) in [7, 11) is 5.06. The molecule has 0 atom stereocenters. The Morgan fingerprint density at radius 2 is 1.70 bits per heavy atom. The van der Waals surface area contributed by atoms with Gasteiger partial charge in [0.15, 0.2) is 17.5 Å². The first-order valence-electron chi connectivity index (χ1n) is 10.1. The SMILES string of the molecule is CCOc1ccc(CNC(=NC)NCc2ccc(C)cc2OCCOC)cc1OC. The molecular formula is C23H33N3O4. The van der Waals surface area contributed by atoms with Crippen molar-refractivity contribution in [2.24, 2.45) is 4.99 Å². The summed E-state index contributed by atoms with van der Waals surface area (Å²) >= 11 is 0. The van der Waals surface area contributed by atoms with E-state index < -0.39 is 0 Å². The third-order valence-electron chi connectivity index (χ3n) is 4.43. The highest BCUT2D eigenvalue weighted by Crippen LogP contribution is 2.28. The highest BCUT2D eigenvalue weighted by atomic mass is 16.5. The van der Waals surface area contributed by atoms with E-state index in [1.165, 1.54) is 0 Å². The second kappa shape index (κ2) is 12.6. The highest BCUT2D eigenvalue weighted by Gasteiger charge is 2.08. The minimum absolute atomic E-state index is 0.513. The molecule has 0 unspecified atom stereocenters. The van der Waals surface area contributed by atoms with Crippen molar-refractivity contribution in [3.05, 3.63) is 53.1 Å². The molecule has 0 amide bonds. The Balaban J connectivity index is 1.96. The Morgan fingerprint density at radius 1 is 0.900 bits per heavy atom. The van der Waals surface area contributed by atoms with E-state index in [2.05, 4.69) is 27.8 Å². The van der Waals surface area contributed by atoms with Crippen molar-refractivity contribution in [1.82, 2.24) is 10.6 Å². The van der Waals surface area contributed by atoms with Gasteiger partial charge in [-0.3, -0.25) is 4.99 Å². The van der Waals surface area contributed by atoms with Crippen LogP contribution in [0, 0.1) is 6.92 Å². The lowest BCUT2D eigenvalue weighted by Gasteiger charge is -2.16. The van der Waals surface area contributed by atoms with Crippen LogP contribution < -0.4 is 24.8 Å². The van der Waals surface area contributed by atoms with Gasteiger partial charge >= 0.3 is 0 Å². The van der Waals surface area contributed by atoms with E-state index in [4.69, 9.17) is 18.9 Å². The number of ether oxygens (including phenoxy) is 4. The summed E-state index contributed by atoms with van der Waals surface area (Å²) < 4.78 is 21.9. The van der Waals surface area contributed by atoms with Crippen LogP contribution in [0.5, 0.6) is 17.2 Å². The lowest BCUT2D eigenvalue weighted by Crippen LogP contribution is -2.36. The van der Waals surface area contributed by atoms with Gasteiger partial charge < -0.3 is 29.6 Å². The number of methoxy groups -OCH3 is 2. The summed E-state index contributed by atoms with van der Waals surface area (Å²) in [6.07, 6.45) is 0. The molecule has 0 aliphatic carbocycles. The van der Waals surface area contributed by atoms with Gasteiger partial charge in [-0.1, -0.05) is 18.2 Å². The molecule has 7 heteroatoms. The highest BCUT2D eigenvalue weighted by molar-refractivity contribution is 5.79. The first-order chi connectivity index (χ1) is 14.6. The molecule has 0 aliphatic rings. The molecule has 0 bridgehead atoms. The molecule has 0 heterocycles. The van der Waals surface area contributed by atoms with Gasteiger partial charge in [0.25, 0.3) is 0 Å². The van der Waals surface area contributed by atoms with Crippen molar-refractivity contribution in [1.29, 1.82) is 0 Å². The van der Waals surface area contributed by atoms with Crippen LogP contribution in [0.2, 0.25) is 0 Å². The Bertz CT molecular complexity index is 824. The molecular weight excluding hydrogens is 382 g/mol. The van der Waals surface area contributed by atoms with E-state index in [1.807, 2.05) is 38.1 Å². The third kappa shape index (κ3) is 7.15. The molecule has 2 aromatic rings. The molecule has 164 valence electrons. The van der Waals surface area contributed by atoms with Gasteiger partial charge in [0.05, 0.1) is 20.3 Å². The Labute approximate surface area is 179 Å². The molecule has 30 heavy (non-hydrogen) atoms. The summed E-state index contributed by atoms with van der Waals surface area (Å²) in [6, 6.07) is 12.1. The predicted molar refractivity (Wildman–Crippen MR) is 120 cm³/mol. The van der Waals surface area contributed by atoms with Crippen molar-refractivity contribution in [2.45, 2.75) is 26.9 Å². The number of hydrogen-bond acceptors (Lipinski definition) is 5. The maximum absolute atomic E-state index is 5.86. The number of aliphatic imine (C=N–C) groups is 1. The monoisotopic (exact) mass is 415 g/mol. The van der Waals surface area contributed by atoms with Gasteiger partial charge in [0, 0.05) is 32.8 Å². The largest absolute Gasteiger partial charge is 0.493 e. The molecule has 0 saturated carbocycles. The average molecular weight is 416 g/mol. The average Bonchev–Trinajstić information content (AvgIpc) is 2.76. The van der Waals surface area contributed by atoms with Crippen molar-refractivity contribution >= 4 is 5.96 Å². The second-order valence-corrected chi connectivity index (χ2v) is 6.65. The molecule has 0 saturated heterocycles. The fourth-order valence-corrected chi connectivity index (χ4v) is 2.86. The van der Waals surface area contributed by atoms with Crippen LogP contribution >= 0.6 is 0 Å². The predicted octanol–water partition coefficient (Wildman–Crippen LogP) is 3.29. The maximum atomic E-state index is 5.86. The van der Waals surface area contributed by atoms with Crippen LogP contribution in [0.4, 0.5) is 0 Å². The van der Waals surface area contributed by atoms with Gasteiger partial charge in [-0.2, -0.15) is 0 Å². The fraction of sp³-hybridized carbons (Fsp3) is 0.435.